The van der Waals surface area contributed by atoms with Gasteiger partial charge in [-0.1, -0.05) is 0 Å². The number of rotatable bonds is 13. The number of esters is 3. The maximum atomic E-state index is 13.5. The van der Waals surface area contributed by atoms with Crippen LogP contribution in [-0.4, -0.2) is 54.8 Å². The molecule has 194 valence electrons. The minimum Gasteiger partial charge on any atom is -0.463 e. The number of nitrogens with one attached hydrogen (secondary N) is 2. The summed E-state index contributed by atoms with van der Waals surface area (Å²) in [5.41, 5.74) is 5.62. The second-order valence-electron chi connectivity index (χ2n) is 7.13. The van der Waals surface area contributed by atoms with Gasteiger partial charge in [0.15, 0.2) is 23.6 Å². The average molecular weight is 522 g/mol. The van der Waals surface area contributed by atoms with Crippen molar-refractivity contribution in [3.05, 3.63) is 41.3 Å². The second kappa shape index (κ2) is 14.3. The number of thiol groups is 1. The van der Waals surface area contributed by atoms with Crippen LogP contribution in [0.3, 0.4) is 0 Å². The van der Waals surface area contributed by atoms with Crippen molar-refractivity contribution in [1.82, 2.24) is 5.32 Å². The van der Waals surface area contributed by atoms with Crippen molar-refractivity contribution >= 4 is 36.2 Å². The zero-order chi connectivity index (χ0) is 26.7. The molecule has 2 N–H and O–H groups in total. The van der Waals surface area contributed by atoms with Gasteiger partial charge in [0, 0.05) is 32.5 Å². The zero-order valence-corrected chi connectivity index (χ0v) is 20.2. The number of hydrogen-bond acceptors (Lipinski definition) is 11. The van der Waals surface area contributed by atoms with Crippen LogP contribution < -0.4 is 5.32 Å². The number of hydrogen-bond donors (Lipinski definition) is 3. The highest BCUT2D eigenvalue weighted by atomic mass is 32.1. The molecule has 4 atom stereocenters. The highest BCUT2D eigenvalue weighted by Crippen LogP contribution is 2.21. The van der Waals surface area contributed by atoms with E-state index in [1.54, 1.807) is 0 Å². The molecule has 0 saturated carbocycles. The Balaban J connectivity index is 3.00. The van der Waals surface area contributed by atoms with Crippen molar-refractivity contribution in [2.45, 2.75) is 51.4 Å². The summed E-state index contributed by atoms with van der Waals surface area (Å²) in [6.45, 7) is 4.53. The highest BCUT2D eigenvalue weighted by Gasteiger charge is 2.30. The Morgan fingerprint density at radius 2 is 1.63 bits per heavy atom. The van der Waals surface area contributed by atoms with E-state index in [4.69, 9.17) is 24.5 Å². The van der Waals surface area contributed by atoms with Crippen LogP contribution in [0, 0.1) is 23.0 Å². The predicted octanol–water partition coefficient (Wildman–Crippen LogP) is 3.11. The quantitative estimate of drug-likeness (QED) is 0.0900. The fourth-order valence-electron chi connectivity index (χ4n) is 2.66. The first-order chi connectivity index (χ1) is 16.3. The fraction of sp³-hybridized carbons (Fsp3) is 0.476. The summed E-state index contributed by atoms with van der Waals surface area (Å²) in [6.07, 6.45) is -1.81. The predicted molar refractivity (Wildman–Crippen MR) is 119 cm³/mol. The maximum Gasteiger partial charge on any atom is 0.303 e. The molecule has 0 radical (unpaired) electrons. The number of nitrogens with zero attached hydrogens (tertiary/aromatic N) is 1. The zero-order valence-electron chi connectivity index (χ0n) is 19.3. The number of ether oxygens (including phenoxy) is 4. The molecular weight excluding hydrogens is 495 g/mol. The lowest BCUT2D eigenvalue weighted by atomic mass is 10.1. The molecule has 0 fully saturated rings. The van der Waals surface area contributed by atoms with Crippen LogP contribution in [0.15, 0.2) is 23.4 Å². The summed E-state index contributed by atoms with van der Waals surface area (Å²) in [4.78, 5) is 34.0. The highest BCUT2D eigenvalue weighted by molar-refractivity contribution is 7.80. The molecule has 1 rings (SSSR count). The van der Waals surface area contributed by atoms with Gasteiger partial charge in [-0.25, -0.2) is 18.7 Å². The Morgan fingerprint density at radius 1 is 1.06 bits per heavy atom. The monoisotopic (exact) mass is 521 g/mol. The molecule has 0 aromatic heterocycles. The molecule has 4 unspecified atom stereocenters. The Morgan fingerprint density at radius 3 is 2.11 bits per heavy atom. The smallest absolute Gasteiger partial charge is 0.303 e. The third-order valence-electron chi connectivity index (χ3n) is 4.23. The SMILES string of the molecule is CC(=O)OCC(OC(S)C(CN/C=C(\N=N)c1cc(F)c(F)c(F)c1)OC(C)=O)C(C)OC(C)=O. The molecule has 0 heterocycles. The lowest BCUT2D eigenvalue weighted by Gasteiger charge is -2.30. The standard InChI is InChI=1S/C21H26F3N3O7S/c1-10(32-12(3)29)19(9-31-11(2)28)34-21(35)18(33-13(4)30)8-26-7-17(27-25)14-5-15(22)20(24)16(23)6-14/h5-7,10,18-19,21,25-26,35H,8-9H2,1-4H3/b17-7-,27-25?. The molecule has 1 aromatic rings. The van der Waals surface area contributed by atoms with Gasteiger partial charge in [-0.2, -0.15) is 5.11 Å². The van der Waals surface area contributed by atoms with Crippen LogP contribution in [0.5, 0.6) is 0 Å². The summed E-state index contributed by atoms with van der Waals surface area (Å²) >= 11 is 4.28. The Kier molecular flexibility index (Phi) is 12.2. The first kappa shape index (κ1) is 29.9. The van der Waals surface area contributed by atoms with E-state index < -0.39 is 59.1 Å². The minimum atomic E-state index is -1.66. The van der Waals surface area contributed by atoms with Crippen LogP contribution in [0.1, 0.15) is 33.3 Å². The van der Waals surface area contributed by atoms with Gasteiger partial charge in [-0.05, 0) is 19.1 Å². The van der Waals surface area contributed by atoms with Crippen molar-refractivity contribution in [2.75, 3.05) is 13.2 Å². The van der Waals surface area contributed by atoms with Crippen molar-refractivity contribution in [2.24, 2.45) is 5.11 Å². The molecule has 14 heteroatoms. The summed E-state index contributed by atoms with van der Waals surface area (Å²) in [5, 5.41) is 5.82. The van der Waals surface area contributed by atoms with E-state index in [9.17, 15) is 27.6 Å². The van der Waals surface area contributed by atoms with Gasteiger partial charge in [-0.3, -0.25) is 14.4 Å². The summed E-state index contributed by atoms with van der Waals surface area (Å²) in [7, 11) is 0. The van der Waals surface area contributed by atoms with Crippen molar-refractivity contribution in [3.8, 4) is 0 Å². The fourth-order valence-corrected chi connectivity index (χ4v) is 2.98. The van der Waals surface area contributed by atoms with Gasteiger partial charge in [0.05, 0.1) is 6.54 Å². The Hall–Kier alpha value is -3.13. The van der Waals surface area contributed by atoms with E-state index in [0.717, 1.165) is 13.1 Å². The van der Waals surface area contributed by atoms with Crippen molar-refractivity contribution in [3.63, 3.8) is 0 Å². The summed E-state index contributed by atoms with van der Waals surface area (Å²) in [5.74, 6) is -6.49. The number of benzene rings is 1. The van der Waals surface area contributed by atoms with Gasteiger partial charge in [0.25, 0.3) is 0 Å². The average Bonchev–Trinajstić information content (AvgIpc) is 2.75. The maximum absolute atomic E-state index is 13.5. The van der Waals surface area contributed by atoms with Crippen LogP contribution in [0.4, 0.5) is 13.2 Å². The van der Waals surface area contributed by atoms with Crippen molar-refractivity contribution < 1.29 is 46.5 Å². The molecule has 0 aliphatic carbocycles. The van der Waals surface area contributed by atoms with Crippen LogP contribution in [0.25, 0.3) is 5.70 Å². The summed E-state index contributed by atoms with van der Waals surface area (Å²) < 4.78 is 61.1. The van der Waals surface area contributed by atoms with Gasteiger partial charge < -0.3 is 24.3 Å². The normalized spacial score (nSPS) is 14.8. The first-order valence-corrected chi connectivity index (χ1v) is 10.6. The van der Waals surface area contributed by atoms with Gasteiger partial charge >= 0.3 is 17.9 Å². The molecular formula is C21H26F3N3O7S. The Bertz CT molecular complexity index is 941. The van der Waals surface area contributed by atoms with Crippen LogP contribution in [0.2, 0.25) is 0 Å². The van der Waals surface area contributed by atoms with Gasteiger partial charge in [0.2, 0.25) is 0 Å². The molecule has 1 aromatic carbocycles. The van der Waals surface area contributed by atoms with Gasteiger partial charge in [0.1, 0.15) is 29.9 Å². The van der Waals surface area contributed by atoms with Crippen molar-refractivity contribution in [1.29, 1.82) is 5.53 Å². The van der Waals surface area contributed by atoms with Gasteiger partial charge in [-0.15, -0.1) is 12.6 Å². The minimum absolute atomic E-state index is 0.179. The first-order valence-electron chi connectivity index (χ1n) is 10.1. The topological polar surface area (TPSA) is 136 Å². The third kappa shape index (κ3) is 10.3. The largest absolute Gasteiger partial charge is 0.463 e. The van der Waals surface area contributed by atoms with E-state index in [1.807, 2.05) is 0 Å². The Labute approximate surface area is 205 Å². The number of carbonyl (C=O) groups is 3. The number of carbonyl (C=O) groups excluding carboxylic acids is 3. The van der Waals surface area contributed by atoms with E-state index in [2.05, 4.69) is 23.1 Å². The molecule has 0 saturated heterocycles. The molecule has 0 aliphatic rings. The van der Waals surface area contributed by atoms with E-state index >= 15 is 0 Å². The van der Waals surface area contributed by atoms with E-state index in [0.29, 0.717) is 12.1 Å². The van der Waals surface area contributed by atoms with E-state index in [1.165, 1.54) is 20.8 Å². The number of halogens is 3. The lowest BCUT2D eigenvalue weighted by Crippen LogP contribution is -2.43. The molecule has 35 heavy (non-hydrogen) atoms. The summed E-state index contributed by atoms with van der Waals surface area (Å²) in [6, 6.07) is 1.32. The molecule has 0 spiro atoms. The van der Waals surface area contributed by atoms with Crippen LogP contribution >= 0.6 is 12.6 Å². The third-order valence-corrected chi connectivity index (χ3v) is 4.69. The molecule has 0 bridgehead atoms. The molecule has 0 aliphatic heterocycles. The molecule has 10 nitrogen and oxygen atoms in total. The lowest BCUT2D eigenvalue weighted by molar-refractivity contribution is -0.169. The van der Waals surface area contributed by atoms with Crippen LogP contribution in [-0.2, 0) is 33.3 Å². The second-order valence-corrected chi connectivity index (χ2v) is 7.64. The molecule has 0 amide bonds. The van der Waals surface area contributed by atoms with E-state index in [-0.39, 0.29) is 24.4 Å².